The van der Waals surface area contributed by atoms with Gasteiger partial charge in [0.05, 0.1) is 0 Å². The average Bonchev–Trinajstić information content (AvgIpc) is 1.59. The largest absolute Gasteiger partial charge is 0.851 e. The number of rotatable bonds is 3. The molecule has 0 aromatic rings. The Labute approximate surface area is 61.6 Å². The molecule has 0 N–H and O–H groups in total. The van der Waals surface area contributed by atoms with Gasteiger partial charge in [0.1, 0.15) is 5.78 Å². The van der Waals surface area contributed by atoms with Crippen molar-refractivity contribution >= 4 is 5.78 Å². The SMILES string of the molecule is [CH-]=C(C)C(C(C)=O)C(C)[O-]. The molecule has 10 heavy (non-hydrogen) atoms. The smallest absolute Gasteiger partial charge is 0.133 e. The van der Waals surface area contributed by atoms with Gasteiger partial charge in [0.25, 0.3) is 0 Å². The summed E-state index contributed by atoms with van der Waals surface area (Å²) in [5.74, 6) is -0.762. The van der Waals surface area contributed by atoms with Crippen LogP contribution in [0.2, 0.25) is 0 Å². The van der Waals surface area contributed by atoms with E-state index in [2.05, 4.69) is 0 Å². The fourth-order valence-corrected chi connectivity index (χ4v) is 1.02. The lowest BCUT2D eigenvalue weighted by Crippen LogP contribution is -2.35. The van der Waals surface area contributed by atoms with Crippen molar-refractivity contribution in [1.29, 1.82) is 0 Å². The zero-order valence-electron chi connectivity index (χ0n) is 6.55. The topological polar surface area (TPSA) is 40.1 Å². The molecule has 0 aliphatic carbocycles. The predicted octanol–water partition coefficient (Wildman–Crippen LogP) is 0.320. The number of Topliss-reactive ketones (excluding diaryl/α,β-unsaturated/α-hetero) is 1. The number of carbonyl (C=O) groups excluding carboxylic acids is 1. The lowest BCUT2D eigenvalue weighted by atomic mass is 9.93. The molecule has 0 amide bonds. The van der Waals surface area contributed by atoms with E-state index in [9.17, 15) is 9.90 Å². The average molecular weight is 140 g/mol. The third-order valence-electron chi connectivity index (χ3n) is 1.40. The van der Waals surface area contributed by atoms with Gasteiger partial charge in [-0.25, -0.2) is 0 Å². The number of hydrogen-bond acceptors (Lipinski definition) is 2. The minimum atomic E-state index is -0.928. The highest BCUT2D eigenvalue weighted by atomic mass is 16.3. The Morgan fingerprint density at radius 2 is 1.90 bits per heavy atom. The molecular formula is C8H12O2-2. The van der Waals surface area contributed by atoms with Crippen LogP contribution >= 0.6 is 0 Å². The molecule has 0 bridgehead atoms. The van der Waals surface area contributed by atoms with Gasteiger partial charge < -0.3 is 11.7 Å². The zero-order valence-corrected chi connectivity index (χ0v) is 6.55. The molecule has 0 aromatic heterocycles. The monoisotopic (exact) mass is 140 g/mol. The van der Waals surface area contributed by atoms with Crippen LogP contribution in [-0.4, -0.2) is 11.9 Å². The third kappa shape index (κ3) is 2.31. The second kappa shape index (κ2) is 3.52. The van der Waals surface area contributed by atoms with E-state index in [0.29, 0.717) is 5.57 Å². The van der Waals surface area contributed by atoms with Gasteiger partial charge in [-0.3, -0.25) is 10.4 Å². The summed E-state index contributed by atoms with van der Waals surface area (Å²) in [6.45, 7) is 9.76. The molecule has 0 fully saturated rings. The van der Waals surface area contributed by atoms with E-state index in [1.165, 1.54) is 13.8 Å². The molecule has 2 heteroatoms. The van der Waals surface area contributed by atoms with Crippen LogP contribution in [0.25, 0.3) is 0 Å². The second-order valence-electron chi connectivity index (χ2n) is 2.54. The van der Waals surface area contributed by atoms with Crippen molar-refractivity contribution in [2.75, 3.05) is 0 Å². The van der Waals surface area contributed by atoms with E-state index in [4.69, 9.17) is 6.58 Å². The van der Waals surface area contributed by atoms with Gasteiger partial charge in [0.2, 0.25) is 0 Å². The summed E-state index contributed by atoms with van der Waals surface area (Å²) in [5, 5.41) is 10.8. The van der Waals surface area contributed by atoms with E-state index < -0.39 is 12.0 Å². The Balaban J connectivity index is 4.27. The quantitative estimate of drug-likeness (QED) is 0.530. The molecule has 0 saturated carbocycles. The highest BCUT2D eigenvalue weighted by Crippen LogP contribution is 2.11. The molecule has 2 unspecified atom stereocenters. The van der Waals surface area contributed by atoms with Gasteiger partial charge in [0, 0.05) is 0 Å². The summed E-state index contributed by atoms with van der Waals surface area (Å²) in [5.41, 5.74) is 0.412. The highest BCUT2D eigenvalue weighted by Gasteiger charge is 2.09. The fourth-order valence-electron chi connectivity index (χ4n) is 1.02. The van der Waals surface area contributed by atoms with Crippen molar-refractivity contribution in [2.24, 2.45) is 5.92 Å². The summed E-state index contributed by atoms with van der Waals surface area (Å²) < 4.78 is 0. The Kier molecular flexibility index (Phi) is 3.30. The molecule has 0 aliphatic heterocycles. The van der Waals surface area contributed by atoms with E-state index in [1.54, 1.807) is 6.92 Å². The Morgan fingerprint density at radius 3 is 1.90 bits per heavy atom. The normalized spacial score (nSPS) is 16.0. The molecule has 0 saturated heterocycles. The molecule has 0 heterocycles. The van der Waals surface area contributed by atoms with E-state index >= 15 is 0 Å². The van der Waals surface area contributed by atoms with Crippen molar-refractivity contribution in [1.82, 2.24) is 0 Å². The van der Waals surface area contributed by atoms with Crippen molar-refractivity contribution < 1.29 is 9.90 Å². The minimum Gasteiger partial charge on any atom is -0.851 e. The minimum absolute atomic E-state index is 0.150. The number of carbonyl (C=O) groups is 1. The molecule has 58 valence electrons. The van der Waals surface area contributed by atoms with Crippen LogP contribution in [0.3, 0.4) is 0 Å². The molecule has 0 spiro atoms. The van der Waals surface area contributed by atoms with Gasteiger partial charge in [0.15, 0.2) is 0 Å². The lowest BCUT2D eigenvalue weighted by Gasteiger charge is -2.30. The second-order valence-corrected chi connectivity index (χ2v) is 2.54. The third-order valence-corrected chi connectivity index (χ3v) is 1.40. The van der Waals surface area contributed by atoms with Gasteiger partial charge in [-0.1, -0.05) is 13.8 Å². The van der Waals surface area contributed by atoms with Crippen molar-refractivity contribution in [2.45, 2.75) is 26.9 Å². The molecule has 0 aliphatic rings. The van der Waals surface area contributed by atoms with E-state index in [-0.39, 0.29) is 5.78 Å². The van der Waals surface area contributed by atoms with Crippen LogP contribution in [0, 0.1) is 12.5 Å². The van der Waals surface area contributed by atoms with Crippen LogP contribution in [0.5, 0.6) is 0 Å². The van der Waals surface area contributed by atoms with Crippen molar-refractivity contribution in [3.63, 3.8) is 0 Å². The first kappa shape index (κ1) is 9.37. The summed E-state index contributed by atoms with van der Waals surface area (Å²) in [6.07, 6.45) is -0.928. The molecule has 0 radical (unpaired) electrons. The van der Waals surface area contributed by atoms with Crippen LogP contribution in [0.4, 0.5) is 0 Å². The lowest BCUT2D eigenvalue weighted by molar-refractivity contribution is -0.420. The van der Waals surface area contributed by atoms with Crippen LogP contribution in [0.1, 0.15) is 20.8 Å². The van der Waals surface area contributed by atoms with Crippen molar-refractivity contribution in [3.05, 3.63) is 12.2 Å². The Hall–Kier alpha value is -0.630. The van der Waals surface area contributed by atoms with Gasteiger partial charge in [-0.2, -0.15) is 0 Å². The zero-order chi connectivity index (χ0) is 8.31. The summed E-state index contributed by atoms with van der Waals surface area (Å²) >= 11 is 0. The maximum Gasteiger partial charge on any atom is 0.133 e. The first-order valence-corrected chi connectivity index (χ1v) is 3.22. The number of hydrogen-bond donors (Lipinski definition) is 0. The highest BCUT2D eigenvalue weighted by molar-refractivity contribution is 5.81. The van der Waals surface area contributed by atoms with E-state index in [1.807, 2.05) is 0 Å². The first-order chi connectivity index (χ1) is 4.46. The maximum absolute atomic E-state index is 10.8. The van der Waals surface area contributed by atoms with Crippen LogP contribution in [-0.2, 0) is 4.79 Å². The summed E-state index contributed by atoms with van der Waals surface area (Å²) in [7, 11) is 0. The molecule has 0 aromatic carbocycles. The van der Waals surface area contributed by atoms with Gasteiger partial charge in [-0.15, -0.1) is 6.10 Å². The number of ketones is 1. The maximum atomic E-state index is 10.8. The standard InChI is InChI=1S/C8H12O2/c1-5(2)8(6(3)9)7(4)10/h1,6,8H,2-4H3/q-2. The predicted molar refractivity (Wildman–Crippen MR) is 37.1 cm³/mol. The van der Waals surface area contributed by atoms with Crippen LogP contribution < -0.4 is 5.11 Å². The van der Waals surface area contributed by atoms with Gasteiger partial charge >= 0.3 is 0 Å². The Bertz CT molecular complexity index is 133. The van der Waals surface area contributed by atoms with E-state index in [0.717, 1.165) is 0 Å². The molecule has 0 rings (SSSR count). The molecule has 2 nitrogen and oxygen atoms in total. The van der Waals surface area contributed by atoms with Gasteiger partial charge in [-0.05, 0) is 12.8 Å². The molecule has 2 atom stereocenters. The Morgan fingerprint density at radius 1 is 1.50 bits per heavy atom. The fraction of sp³-hybridized carbons (Fsp3) is 0.625. The van der Waals surface area contributed by atoms with Crippen molar-refractivity contribution in [3.8, 4) is 0 Å². The first-order valence-electron chi connectivity index (χ1n) is 3.22. The summed E-state index contributed by atoms with van der Waals surface area (Å²) in [6, 6.07) is 0. The summed E-state index contributed by atoms with van der Waals surface area (Å²) in [4.78, 5) is 10.7. The molecular weight excluding hydrogens is 128 g/mol. The van der Waals surface area contributed by atoms with Crippen LogP contribution in [0.15, 0.2) is 5.57 Å².